The first-order valence-corrected chi connectivity index (χ1v) is 3.13. The molecule has 0 amide bonds. The molecule has 0 aliphatic carbocycles. The minimum atomic E-state index is 0. The van der Waals surface area contributed by atoms with Gasteiger partial charge in [-0.2, -0.15) is 0 Å². The molecule has 0 bridgehead atoms. The van der Waals surface area contributed by atoms with Crippen LogP contribution in [0.25, 0.3) is 10.9 Å². The van der Waals surface area contributed by atoms with E-state index in [9.17, 15) is 0 Å². The van der Waals surface area contributed by atoms with Crippen LogP contribution in [-0.2, 0) is 0 Å². The number of aromatic nitrogens is 1. The van der Waals surface area contributed by atoms with Crippen LogP contribution in [0.15, 0.2) is 30.3 Å². The van der Waals surface area contributed by atoms with E-state index in [2.05, 4.69) is 4.98 Å². The van der Waals surface area contributed by atoms with Crippen molar-refractivity contribution in [2.75, 3.05) is 0 Å². The van der Waals surface area contributed by atoms with Crippen LogP contribution in [0.2, 0.25) is 0 Å². The van der Waals surface area contributed by atoms with Crippen molar-refractivity contribution < 1.29 is 5.11 Å². The number of hydrogen-bond acceptors (Lipinski definition) is 1. The number of rotatable bonds is 0. The maximum atomic E-state index is 9.00. The van der Waals surface area contributed by atoms with E-state index in [-0.39, 0.29) is 57.3 Å². The normalized spacial score (nSPS) is 9.45. The van der Waals surface area contributed by atoms with Crippen molar-refractivity contribution in [2.24, 2.45) is 0 Å². The monoisotopic (exact) mass is 172 g/mol. The molecule has 51 valence electrons. The number of para-hydroxylation sites is 1. The summed E-state index contributed by atoms with van der Waals surface area (Å²) in [5.74, 6) is 0.223. The van der Waals surface area contributed by atoms with E-state index in [0.29, 0.717) is 0 Å². The molecule has 0 aliphatic heterocycles. The quantitative estimate of drug-likeness (QED) is 0.580. The van der Waals surface area contributed by atoms with E-state index in [4.69, 9.17) is 5.11 Å². The summed E-state index contributed by atoms with van der Waals surface area (Å²) in [7, 11) is 0. The SMILES string of the molecule is Oc1cc2ccccc2[nH]1.[K]. The Balaban J connectivity index is 0.000000605. The van der Waals surface area contributed by atoms with Gasteiger partial charge in [0.1, 0.15) is 0 Å². The van der Waals surface area contributed by atoms with Crippen LogP contribution in [0, 0.1) is 0 Å². The molecule has 1 aromatic heterocycles. The first kappa shape index (κ1) is 9.29. The number of H-pyrrole nitrogens is 1. The van der Waals surface area contributed by atoms with Gasteiger partial charge >= 0.3 is 0 Å². The predicted molar refractivity (Wildman–Crippen MR) is 45.7 cm³/mol. The minimum absolute atomic E-state index is 0. The van der Waals surface area contributed by atoms with Crippen molar-refractivity contribution in [1.82, 2.24) is 4.98 Å². The Labute approximate surface area is 107 Å². The summed E-state index contributed by atoms with van der Waals surface area (Å²) in [6.45, 7) is 0. The molecule has 2 N–H and O–H groups in total. The molecular weight excluding hydrogens is 165 g/mol. The summed E-state index contributed by atoms with van der Waals surface area (Å²) < 4.78 is 0. The molecule has 0 atom stereocenters. The molecule has 0 saturated heterocycles. The van der Waals surface area contributed by atoms with Crippen molar-refractivity contribution in [2.45, 2.75) is 0 Å². The summed E-state index contributed by atoms with van der Waals surface area (Å²) in [6, 6.07) is 9.45. The third-order valence-corrected chi connectivity index (χ3v) is 1.52. The van der Waals surface area contributed by atoms with Crippen LogP contribution >= 0.6 is 0 Å². The first-order chi connectivity index (χ1) is 4.86. The topological polar surface area (TPSA) is 36.0 Å². The van der Waals surface area contributed by atoms with Crippen LogP contribution in [0.4, 0.5) is 0 Å². The van der Waals surface area contributed by atoms with Crippen molar-refractivity contribution in [1.29, 1.82) is 0 Å². The Hall–Kier alpha value is 0.196. The molecule has 0 saturated carbocycles. The Kier molecular flexibility index (Phi) is 3.15. The van der Waals surface area contributed by atoms with Crippen molar-refractivity contribution in [3.8, 4) is 5.88 Å². The van der Waals surface area contributed by atoms with Gasteiger partial charge < -0.3 is 10.1 Å². The molecule has 2 aromatic rings. The molecule has 0 fully saturated rings. The van der Waals surface area contributed by atoms with Gasteiger partial charge in [-0.05, 0) is 6.07 Å². The van der Waals surface area contributed by atoms with Crippen molar-refractivity contribution in [3.05, 3.63) is 30.3 Å². The van der Waals surface area contributed by atoms with Gasteiger partial charge in [-0.15, -0.1) is 0 Å². The maximum Gasteiger partial charge on any atom is 0.189 e. The van der Waals surface area contributed by atoms with E-state index in [1.165, 1.54) is 0 Å². The third-order valence-electron chi connectivity index (χ3n) is 1.52. The summed E-state index contributed by atoms with van der Waals surface area (Å²) in [5.41, 5.74) is 0.972. The average Bonchev–Trinajstić information content (AvgIpc) is 2.27. The van der Waals surface area contributed by atoms with E-state index in [1.807, 2.05) is 24.3 Å². The van der Waals surface area contributed by atoms with E-state index in [1.54, 1.807) is 6.07 Å². The number of benzene rings is 1. The molecule has 0 aliphatic rings. The summed E-state index contributed by atoms with van der Waals surface area (Å²) >= 11 is 0. The molecule has 11 heavy (non-hydrogen) atoms. The van der Waals surface area contributed by atoms with E-state index >= 15 is 0 Å². The molecular formula is C8H7KNO. The molecule has 0 spiro atoms. The van der Waals surface area contributed by atoms with Gasteiger partial charge in [0.15, 0.2) is 5.88 Å². The minimum Gasteiger partial charge on any atom is -0.495 e. The molecule has 2 nitrogen and oxygen atoms in total. The van der Waals surface area contributed by atoms with Crippen LogP contribution in [0.5, 0.6) is 5.88 Å². The summed E-state index contributed by atoms with van der Waals surface area (Å²) in [5, 5.41) is 10.0. The molecule has 3 heteroatoms. The summed E-state index contributed by atoms with van der Waals surface area (Å²) in [6.07, 6.45) is 0. The Bertz CT molecular complexity index is 323. The van der Waals surface area contributed by atoms with E-state index < -0.39 is 0 Å². The maximum absolute atomic E-state index is 9.00. The second-order valence-electron chi connectivity index (χ2n) is 2.24. The number of aromatic amines is 1. The van der Waals surface area contributed by atoms with Gasteiger partial charge in [-0.1, -0.05) is 18.2 Å². The third kappa shape index (κ3) is 1.86. The smallest absolute Gasteiger partial charge is 0.189 e. The van der Waals surface area contributed by atoms with Gasteiger partial charge in [0.2, 0.25) is 0 Å². The molecule has 0 unspecified atom stereocenters. The number of nitrogens with one attached hydrogen (secondary N) is 1. The van der Waals surface area contributed by atoms with Gasteiger partial charge in [0, 0.05) is 68.4 Å². The second-order valence-corrected chi connectivity index (χ2v) is 2.24. The van der Waals surface area contributed by atoms with Crippen LogP contribution in [0.1, 0.15) is 0 Å². The zero-order valence-electron chi connectivity index (χ0n) is 6.33. The fourth-order valence-electron chi connectivity index (χ4n) is 1.06. The van der Waals surface area contributed by atoms with Crippen LogP contribution in [-0.4, -0.2) is 61.5 Å². The van der Waals surface area contributed by atoms with Gasteiger partial charge in [-0.3, -0.25) is 0 Å². The Morgan fingerprint density at radius 2 is 1.91 bits per heavy atom. The van der Waals surface area contributed by atoms with Crippen molar-refractivity contribution >= 4 is 62.3 Å². The molecule has 1 radical (unpaired) electrons. The zero-order valence-corrected chi connectivity index (χ0v) is 9.46. The average molecular weight is 172 g/mol. The summed E-state index contributed by atoms with van der Waals surface area (Å²) in [4.78, 5) is 2.81. The van der Waals surface area contributed by atoms with Gasteiger partial charge in [0.25, 0.3) is 0 Å². The molecule has 2 rings (SSSR count). The Morgan fingerprint density at radius 3 is 2.64 bits per heavy atom. The molecule has 1 heterocycles. The first-order valence-electron chi connectivity index (χ1n) is 3.13. The van der Waals surface area contributed by atoms with Crippen LogP contribution < -0.4 is 0 Å². The van der Waals surface area contributed by atoms with Crippen molar-refractivity contribution in [3.63, 3.8) is 0 Å². The fourth-order valence-corrected chi connectivity index (χ4v) is 1.06. The van der Waals surface area contributed by atoms with E-state index in [0.717, 1.165) is 10.9 Å². The zero-order chi connectivity index (χ0) is 6.97. The van der Waals surface area contributed by atoms with Gasteiger partial charge in [0.05, 0.1) is 0 Å². The van der Waals surface area contributed by atoms with Crippen LogP contribution in [0.3, 0.4) is 0 Å². The second kappa shape index (κ2) is 3.73. The largest absolute Gasteiger partial charge is 0.495 e. The Morgan fingerprint density at radius 1 is 1.18 bits per heavy atom. The molecule has 1 aromatic carbocycles. The number of aromatic hydroxyl groups is 1. The number of fused-ring (bicyclic) bond motifs is 1. The van der Waals surface area contributed by atoms with Gasteiger partial charge in [-0.25, -0.2) is 0 Å². The fraction of sp³-hybridized carbons (Fsp3) is 0. The predicted octanol–water partition coefficient (Wildman–Crippen LogP) is 1.49. The number of hydrogen-bond donors (Lipinski definition) is 2. The standard InChI is InChI=1S/C8H7NO.K/c10-8-5-6-3-1-2-4-7(6)9-8;/h1-5,9-10H;.